The summed E-state index contributed by atoms with van der Waals surface area (Å²) in [7, 11) is 0. The number of carboxylic acid groups (broad SMARTS) is 3. The number of hydrogen-bond donors (Lipinski definition) is 5. The Bertz CT molecular complexity index is 1010. The molecule has 5 N–H and O–H groups in total. The summed E-state index contributed by atoms with van der Waals surface area (Å²) in [6.45, 7) is 0.365. The predicted octanol–water partition coefficient (Wildman–Crippen LogP) is 0.293. The second kappa shape index (κ2) is 11.2. The molecule has 0 bridgehead atoms. The Morgan fingerprint density at radius 1 is 1.09 bits per heavy atom. The van der Waals surface area contributed by atoms with Gasteiger partial charge in [0.15, 0.2) is 12.4 Å². The van der Waals surface area contributed by atoms with E-state index >= 15 is 0 Å². The number of halogens is 3. The van der Waals surface area contributed by atoms with Crippen molar-refractivity contribution in [2.75, 3.05) is 26.2 Å². The third kappa shape index (κ3) is 6.74. The van der Waals surface area contributed by atoms with Crippen molar-refractivity contribution >= 4 is 29.6 Å². The molecule has 1 aliphatic carbocycles. The maximum atomic E-state index is 12.6. The number of Topliss-reactive ketones (excluding diaryl/α,β-unsaturated/α-hetero) is 1. The minimum absolute atomic E-state index is 0.0874. The van der Waals surface area contributed by atoms with Gasteiger partial charge in [0, 0.05) is 22.6 Å². The molecular formula is C20H21F3N2O10. The normalized spacial score (nSPS) is 18.9. The maximum absolute atomic E-state index is 12.6. The molecule has 0 radical (unpaired) electrons. The average Bonchev–Trinajstić information content (AvgIpc) is 3.46. The van der Waals surface area contributed by atoms with Gasteiger partial charge < -0.3 is 26.0 Å². The van der Waals surface area contributed by atoms with Crippen molar-refractivity contribution in [3.8, 4) is 0 Å². The highest BCUT2D eigenvalue weighted by molar-refractivity contribution is 6.07. The van der Waals surface area contributed by atoms with Crippen LogP contribution in [0.2, 0.25) is 0 Å². The fourth-order valence-electron chi connectivity index (χ4n) is 3.38. The number of amides is 1. The minimum atomic E-state index is -5.08. The Hall–Kier alpha value is -3.56. The molecule has 0 aromatic heterocycles. The number of aliphatic carboxylic acids is 3. The van der Waals surface area contributed by atoms with Crippen LogP contribution in [0.3, 0.4) is 0 Å². The highest BCUT2D eigenvalue weighted by Gasteiger charge is 2.63. The third-order valence-corrected chi connectivity index (χ3v) is 5.08. The lowest BCUT2D eigenvalue weighted by Gasteiger charge is -2.21. The van der Waals surface area contributed by atoms with E-state index in [4.69, 9.17) is 19.9 Å². The molecule has 2 aliphatic rings. The molecule has 1 unspecified atom stereocenters. The number of alkyl halides is 3. The lowest BCUT2D eigenvalue weighted by Crippen LogP contribution is -2.40. The highest BCUT2D eigenvalue weighted by atomic mass is 19.4. The summed E-state index contributed by atoms with van der Waals surface area (Å²) in [4.78, 5) is 65.3. The molecule has 1 aromatic rings. The first kappa shape index (κ1) is 27.7. The van der Waals surface area contributed by atoms with E-state index < -0.39 is 42.1 Å². The Balaban J connectivity index is 0.000000540. The van der Waals surface area contributed by atoms with Gasteiger partial charge in [0.1, 0.15) is 0 Å². The van der Waals surface area contributed by atoms with E-state index in [2.05, 4.69) is 15.5 Å². The van der Waals surface area contributed by atoms with Crippen LogP contribution in [0.25, 0.3) is 0 Å². The Kier molecular flexibility index (Phi) is 8.89. The van der Waals surface area contributed by atoms with E-state index in [1.165, 1.54) is 18.2 Å². The van der Waals surface area contributed by atoms with Crippen molar-refractivity contribution in [2.24, 2.45) is 5.92 Å². The number of carbonyl (C=O) groups excluding carboxylic acids is 2. The average molecular weight is 506 g/mol. The summed E-state index contributed by atoms with van der Waals surface area (Å²) in [5, 5.41) is 31.0. The number of carboxylic acids is 3. The zero-order valence-electron chi connectivity index (χ0n) is 17.9. The number of nitrogens with one attached hydrogen (secondary N) is 2. The standard InChI is InChI=1S/C18H20N2O8.C2HF3O2/c21-13(8-20-16(24)10-4-6-19-7-5-10)11-2-1-3-12-15(11)18(12,17(25)26)28-27-9-14(22)23;3-2(4,5)1(6)7/h1-3,10,19H,4-9H2,(H,20,24)(H,22,23)(H,25,26);(H,6,7). The lowest BCUT2D eigenvalue weighted by molar-refractivity contribution is -0.333. The second-order valence-electron chi connectivity index (χ2n) is 7.42. The molecule has 192 valence electrons. The number of benzene rings is 1. The monoisotopic (exact) mass is 506 g/mol. The number of hydrogen-bond acceptors (Lipinski definition) is 8. The number of fused-ring (bicyclic) bond motifs is 1. The molecule has 1 aromatic carbocycles. The van der Waals surface area contributed by atoms with E-state index in [1.807, 2.05) is 0 Å². The number of ketones is 1. The van der Waals surface area contributed by atoms with Gasteiger partial charge in [-0.2, -0.15) is 13.2 Å². The predicted molar refractivity (Wildman–Crippen MR) is 106 cm³/mol. The van der Waals surface area contributed by atoms with Gasteiger partial charge in [0.2, 0.25) is 5.91 Å². The molecule has 35 heavy (non-hydrogen) atoms. The number of rotatable bonds is 9. The molecule has 1 saturated heterocycles. The fourth-order valence-corrected chi connectivity index (χ4v) is 3.38. The molecule has 1 heterocycles. The maximum Gasteiger partial charge on any atom is 0.490 e. The zero-order chi connectivity index (χ0) is 26.4. The van der Waals surface area contributed by atoms with Crippen molar-refractivity contribution < 1.29 is 62.2 Å². The lowest BCUT2D eigenvalue weighted by atomic mass is 9.97. The molecule has 0 saturated carbocycles. The van der Waals surface area contributed by atoms with Gasteiger partial charge in [0.05, 0.1) is 6.54 Å². The van der Waals surface area contributed by atoms with E-state index in [1.54, 1.807) is 0 Å². The third-order valence-electron chi connectivity index (χ3n) is 5.08. The van der Waals surface area contributed by atoms with Gasteiger partial charge in [-0.25, -0.2) is 24.2 Å². The molecule has 3 rings (SSSR count). The van der Waals surface area contributed by atoms with Crippen LogP contribution in [0.5, 0.6) is 0 Å². The van der Waals surface area contributed by atoms with Crippen LogP contribution in [0.15, 0.2) is 18.2 Å². The van der Waals surface area contributed by atoms with Gasteiger partial charge in [-0.15, -0.1) is 0 Å². The van der Waals surface area contributed by atoms with E-state index in [9.17, 15) is 37.5 Å². The molecule has 0 spiro atoms. The Labute approximate surface area is 194 Å². The highest BCUT2D eigenvalue weighted by Crippen LogP contribution is 2.53. The molecule has 1 atom stereocenters. The van der Waals surface area contributed by atoms with Gasteiger partial charge in [0.25, 0.3) is 5.60 Å². The molecule has 1 aliphatic heterocycles. The quantitative estimate of drug-likeness (QED) is 0.176. The molecule has 12 nitrogen and oxygen atoms in total. The summed E-state index contributed by atoms with van der Waals surface area (Å²) in [5.41, 5.74) is -1.61. The zero-order valence-corrected chi connectivity index (χ0v) is 17.9. The van der Waals surface area contributed by atoms with Crippen molar-refractivity contribution in [3.05, 3.63) is 34.9 Å². The van der Waals surface area contributed by atoms with Crippen molar-refractivity contribution in [3.63, 3.8) is 0 Å². The topological polar surface area (TPSA) is 189 Å². The summed E-state index contributed by atoms with van der Waals surface area (Å²) in [5.74, 6) is -6.35. The minimum Gasteiger partial charge on any atom is -0.479 e. The summed E-state index contributed by atoms with van der Waals surface area (Å²) < 4.78 is 31.7. The Morgan fingerprint density at radius 2 is 1.69 bits per heavy atom. The van der Waals surface area contributed by atoms with Gasteiger partial charge in [-0.05, 0) is 25.9 Å². The van der Waals surface area contributed by atoms with Crippen LogP contribution in [-0.4, -0.2) is 77.3 Å². The molecule has 1 amide bonds. The summed E-state index contributed by atoms with van der Waals surface area (Å²) >= 11 is 0. The van der Waals surface area contributed by atoms with Gasteiger partial charge in [-0.1, -0.05) is 18.2 Å². The first-order valence-electron chi connectivity index (χ1n) is 10.0. The first-order chi connectivity index (χ1) is 16.3. The van der Waals surface area contributed by atoms with Crippen LogP contribution in [0, 0.1) is 5.92 Å². The van der Waals surface area contributed by atoms with E-state index in [0.717, 1.165) is 13.1 Å². The first-order valence-corrected chi connectivity index (χ1v) is 10.0. The van der Waals surface area contributed by atoms with Crippen LogP contribution < -0.4 is 10.6 Å². The van der Waals surface area contributed by atoms with E-state index in [-0.39, 0.29) is 35.1 Å². The molecular weight excluding hydrogens is 485 g/mol. The van der Waals surface area contributed by atoms with Crippen molar-refractivity contribution in [1.82, 2.24) is 10.6 Å². The molecule has 1 fully saturated rings. The molecule has 15 heteroatoms. The SMILES string of the molecule is O=C(O)C(F)(F)F.O=C(O)COOC1(C(=O)O)c2cccc(C(=O)CNC(=O)C3CCNCC3)c21. The largest absolute Gasteiger partial charge is 0.490 e. The summed E-state index contributed by atoms with van der Waals surface area (Å²) in [6.07, 6.45) is -3.70. The van der Waals surface area contributed by atoms with Crippen LogP contribution in [-0.2, 0) is 34.6 Å². The van der Waals surface area contributed by atoms with Crippen LogP contribution >= 0.6 is 0 Å². The van der Waals surface area contributed by atoms with Crippen LogP contribution in [0.4, 0.5) is 13.2 Å². The summed E-state index contributed by atoms with van der Waals surface area (Å²) in [6, 6.07) is 4.38. The Morgan fingerprint density at radius 3 is 2.20 bits per heavy atom. The van der Waals surface area contributed by atoms with E-state index in [0.29, 0.717) is 12.8 Å². The van der Waals surface area contributed by atoms with Crippen molar-refractivity contribution in [2.45, 2.75) is 24.6 Å². The van der Waals surface area contributed by atoms with Crippen molar-refractivity contribution in [1.29, 1.82) is 0 Å². The fraction of sp³-hybridized carbons (Fsp3) is 0.450. The second-order valence-corrected chi connectivity index (χ2v) is 7.42. The number of carbonyl (C=O) groups is 5. The van der Waals surface area contributed by atoms with Gasteiger partial charge >= 0.3 is 24.1 Å². The van der Waals surface area contributed by atoms with Gasteiger partial charge in [-0.3, -0.25) is 9.59 Å². The van der Waals surface area contributed by atoms with Crippen LogP contribution in [0.1, 0.15) is 34.3 Å². The smallest absolute Gasteiger partial charge is 0.479 e. The number of piperidine rings is 1.